The topological polar surface area (TPSA) is 106 Å². The highest BCUT2D eigenvalue weighted by Gasteiger charge is 2.09. The molecule has 0 aliphatic carbocycles. The highest BCUT2D eigenvalue weighted by Crippen LogP contribution is 2.15. The quantitative estimate of drug-likeness (QED) is 0.690. The summed E-state index contributed by atoms with van der Waals surface area (Å²) in [6.07, 6.45) is 4.49. The maximum absolute atomic E-state index is 12.2. The number of nitrogens with zero attached hydrogens (tertiary/aromatic N) is 3. The second kappa shape index (κ2) is 6.76. The van der Waals surface area contributed by atoms with Crippen LogP contribution in [0.4, 0.5) is 0 Å². The Kier molecular flexibility index (Phi) is 4.51. The number of fused-ring (bicyclic) bond motifs is 1. The third-order valence-corrected chi connectivity index (χ3v) is 3.65. The minimum absolute atomic E-state index is 0.139. The lowest BCUT2D eigenvalue weighted by Crippen LogP contribution is -2.20. The van der Waals surface area contributed by atoms with E-state index in [2.05, 4.69) is 20.6 Å². The Balaban J connectivity index is 1.73. The van der Waals surface area contributed by atoms with Crippen LogP contribution in [0, 0.1) is 6.92 Å². The number of carbonyl (C=O) groups excluding carboxylic acids is 1. The number of aryl methyl sites for hydroxylation is 1. The first-order valence-corrected chi connectivity index (χ1v) is 7.92. The summed E-state index contributed by atoms with van der Waals surface area (Å²) in [6, 6.07) is 3.60. The predicted octanol–water partition coefficient (Wildman–Crippen LogP) is 1.93. The molecule has 0 atom stereocenters. The van der Waals surface area contributed by atoms with Gasteiger partial charge in [-0.1, -0.05) is 5.16 Å². The molecule has 0 spiro atoms. The normalized spacial score (nSPS) is 11.7. The van der Waals surface area contributed by atoms with Crippen molar-refractivity contribution in [3.63, 3.8) is 0 Å². The molecule has 8 heteroatoms. The molecule has 0 fully saturated rings. The lowest BCUT2D eigenvalue weighted by Gasteiger charge is -2.06. The van der Waals surface area contributed by atoms with Gasteiger partial charge in [-0.3, -0.25) is 9.59 Å². The smallest absolute Gasteiger partial charge is 0.256 e. The van der Waals surface area contributed by atoms with Crippen molar-refractivity contribution in [3.8, 4) is 0 Å². The van der Waals surface area contributed by atoms with Crippen LogP contribution in [0.25, 0.3) is 17.1 Å². The number of nitrogens with one attached hydrogen (secondary N) is 2. The van der Waals surface area contributed by atoms with Crippen LogP contribution in [0.1, 0.15) is 36.9 Å². The second-order valence-corrected chi connectivity index (χ2v) is 6.02. The molecule has 0 aliphatic heterocycles. The molecule has 0 saturated heterocycles. The Morgan fingerprint density at radius 2 is 2.24 bits per heavy atom. The molecular weight excluding hydrogens is 322 g/mol. The van der Waals surface area contributed by atoms with Crippen LogP contribution in [-0.2, 0) is 11.3 Å². The van der Waals surface area contributed by atoms with Crippen LogP contribution < -0.4 is 10.9 Å². The van der Waals surface area contributed by atoms with Gasteiger partial charge in [0, 0.05) is 29.1 Å². The van der Waals surface area contributed by atoms with Gasteiger partial charge in [-0.05, 0) is 32.9 Å². The average molecular weight is 341 g/mol. The standard InChI is InChI=1S/C17H19N5O3/c1-10(2)22-16-13(8-19-22)7-12(17(24)20-16)4-5-15(23)18-9-14-6-11(3)25-21-14/h4-8,10H,9H2,1-3H3,(H,18,23)(H,20,24). The highest BCUT2D eigenvalue weighted by molar-refractivity contribution is 5.92. The van der Waals surface area contributed by atoms with Crippen LogP contribution in [0.3, 0.4) is 0 Å². The number of hydrogen-bond acceptors (Lipinski definition) is 5. The average Bonchev–Trinajstić information content (AvgIpc) is 3.16. The van der Waals surface area contributed by atoms with E-state index in [-0.39, 0.29) is 24.1 Å². The molecule has 3 rings (SSSR count). The summed E-state index contributed by atoms with van der Waals surface area (Å²) in [5.41, 5.74) is 1.43. The molecule has 0 bridgehead atoms. The molecule has 2 N–H and O–H groups in total. The first-order chi connectivity index (χ1) is 11.9. The van der Waals surface area contributed by atoms with Crippen LogP contribution >= 0.6 is 0 Å². The zero-order valence-electron chi connectivity index (χ0n) is 14.2. The van der Waals surface area contributed by atoms with Gasteiger partial charge >= 0.3 is 0 Å². The zero-order valence-corrected chi connectivity index (χ0v) is 14.2. The number of aromatic amines is 1. The highest BCUT2D eigenvalue weighted by atomic mass is 16.5. The third kappa shape index (κ3) is 3.68. The van der Waals surface area contributed by atoms with E-state index in [1.165, 1.54) is 12.2 Å². The summed E-state index contributed by atoms with van der Waals surface area (Å²) in [4.78, 5) is 26.9. The number of H-pyrrole nitrogens is 1. The van der Waals surface area contributed by atoms with Crippen molar-refractivity contribution >= 4 is 23.0 Å². The molecule has 3 heterocycles. The minimum Gasteiger partial charge on any atom is -0.361 e. The molecule has 1 amide bonds. The van der Waals surface area contributed by atoms with Crippen molar-refractivity contribution in [2.45, 2.75) is 33.4 Å². The van der Waals surface area contributed by atoms with E-state index in [1.807, 2.05) is 13.8 Å². The van der Waals surface area contributed by atoms with Crippen molar-refractivity contribution in [2.75, 3.05) is 0 Å². The largest absolute Gasteiger partial charge is 0.361 e. The van der Waals surface area contributed by atoms with Crippen LogP contribution in [0.2, 0.25) is 0 Å². The Labute approximate surface area is 143 Å². The Morgan fingerprint density at radius 3 is 2.92 bits per heavy atom. The summed E-state index contributed by atoms with van der Waals surface area (Å²) < 4.78 is 6.68. The summed E-state index contributed by atoms with van der Waals surface area (Å²) in [6.45, 7) is 6.01. The maximum Gasteiger partial charge on any atom is 0.256 e. The van der Waals surface area contributed by atoms with E-state index in [0.717, 1.165) is 5.39 Å². The number of aromatic nitrogens is 4. The Bertz CT molecular complexity index is 993. The molecule has 3 aromatic rings. The van der Waals surface area contributed by atoms with Crippen molar-refractivity contribution in [3.05, 3.63) is 51.8 Å². The molecule has 0 aliphatic rings. The van der Waals surface area contributed by atoms with Gasteiger partial charge in [0.1, 0.15) is 17.1 Å². The fraction of sp³-hybridized carbons (Fsp3) is 0.294. The van der Waals surface area contributed by atoms with Gasteiger partial charge in [-0.2, -0.15) is 5.10 Å². The fourth-order valence-electron chi connectivity index (χ4n) is 2.44. The molecule has 0 radical (unpaired) electrons. The molecule has 25 heavy (non-hydrogen) atoms. The molecular formula is C17H19N5O3. The SMILES string of the molecule is Cc1cc(CNC(=O)C=Cc2cc3cnn(C(C)C)c3[nH]c2=O)no1. The predicted molar refractivity (Wildman–Crippen MR) is 92.9 cm³/mol. The lowest BCUT2D eigenvalue weighted by atomic mass is 10.2. The summed E-state index contributed by atoms with van der Waals surface area (Å²) in [5, 5.41) is 11.6. The number of amides is 1. The zero-order chi connectivity index (χ0) is 18.0. The van der Waals surface area contributed by atoms with Crippen molar-refractivity contribution in [1.29, 1.82) is 0 Å². The molecule has 3 aromatic heterocycles. The molecule has 0 aromatic carbocycles. The van der Waals surface area contributed by atoms with Crippen LogP contribution in [-0.4, -0.2) is 25.8 Å². The number of carbonyl (C=O) groups is 1. The fourth-order valence-corrected chi connectivity index (χ4v) is 2.44. The van der Waals surface area contributed by atoms with Gasteiger partial charge in [-0.25, -0.2) is 4.68 Å². The third-order valence-electron chi connectivity index (χ3n) is 3.65. The first-order valence-electron chi connectivity index (χ1n) is 7.92. The lowest BCUT2D eigenvalue weighted by molar-refractivity contribution is -0.116. The minimum atomic E-state index is -0.321. The van der Waals surface area contributed by atoms with Crippen molar-refractivity contribution in [1.82, 2.24) is 25.2 Å². The van der Waals surface area contributed by atoms with Gasteiger partial charge in [0.15, 0.2) is 0 Å². The second-order valence-electron chi connectivity index (χ2n) is 6.02. The number of hydrogen-bond donors (Lipinski definition) is 2. The van der Waals surface area contributed by atoms with E-state index in [1.54, 1.807) is 29.9 Å². The van der Waals surface area contributed by atoms with E-state index >= 15 is 0 Å². The maximum atomic E-state index is 12.2. The van der Waals surface area contributed by atoms with Crippen molar-refractivity contribution in [2.24, 2.45) is 0 Å². The molecule has 0 saturated carbocycles. The van der Waals surface area contributed by atoms with Gasteiger partial charge in [0.25, 0.3) is 5.56 Å². The summed E-state index contributed by atoms with van der Waals surface area (Å²) in [7, 11) is 0. The molecule has 0 unspecified atom stereocenters. The first kappa shape index (κ1) is 16.7. The molecule has 130 valence electrons. The number of rotatable bonds is 5. The number of pyridine rings is 1. The summed E-state index contributed by atoms with van der Waals surface area (Å²) >= 11 is 0. The van der Waals surface area contributed by atoms with E-state index < -0.39 is 0 Å². The van der Waals surface area contributed by atoms with Gasteiger partial charge in [0.2, 0.25) is 5.91 Å². The van der Waals surface area contributed by atoms with E-state index in [9.17, 15) is 9.59 Å². The summed E-state index contributed by atoms with van der Waals surface area (Å²) in [5.74, 6) is 0.361. The van der Waals surface area contributed by atoms with E-state index in [4.69, 9.17) is 4.52 Å². The van der Waals surface area contributed by atoms with Gasteiger partial charge < -0.3 is 14.8 Å². The Morgan fingerprint density at radius 1 is 1.44 bits per heavy atom. The van der Waals surface area contributed by atoms with Gasteiger partial charge in [0.05, 0.1) is 12.7 Å². The van der Waals surface area contributed by atoms with Crippen LogP contribution in [0.5, 0.6) is 0 Å². The van der Waals surface area contributed by atoms with Gasteiger partial charge in [-0.15, -0.1) is 0 Å². The Hall–Kier alpha value is -3.16. The molecule has 8 nitrogen and oxygen atoms in total. The monoisotopic (exact) mass is 341 g/mol. The van der Waals surface area contributed by atoms with Crippen molar-refractivity contribution < 1.29 is 9.32 Å². The van der Waals surface area contributed by atoms with E-state index in [0.29, 0.717) is 22.7 Å². The van der Waals surface area contributed by atoms with Crippen LogP contribution in [0.15, 0.2) is 33.7 Å².